The largest absolute Gasteiger partial charge is 0.482 e. The van der Waals surface area contributed by atoms with E-state index in [0.717, 1.165) is 0 Å². The van der Waals surface area contributed by atoms with E-state index < -0.39 is 11.9 Å². The molecule has 1 amide bonds. The molecule has 0 aliphatic carbocycles. The molecular weight excluding hydrogens is 288 g/mol. The Morgan fingerprint density at radius 3 is 2.50 bits per heavy atom. The van der Waals surface area contributed by atoms with Crippen molar-refractivity contribution in [3.63, 3.8) is 0 Å². The number of nitrogens with two attached hydrogens (primary N) is 2. The lowest BCUT2D eigenvalue weighted by atomic mass is 10.2. The average molecular weight is 304 g/mol. The van der Waals surface area contributed by atoms with Gasteiger partial charge in [0.05, 0.1) is 6.61 Å². The van der Waals surface area contributed by atoms with Crippen LogP contribution in [0.1, 0.15) is 17.4 Å². The Morgan fingerprint density at radius 2 is 1.95 bits per heavy atom. The summed E-state index contributed by atoms with van der Waals surface area (Å²) in [6, 6.07) is 6.75. The number of ether oxygens (including phenoxy) is 2. The summed E-state index contributed by atoms with van der Waals surface area (Å²) in [5.41, 5.74) is 11.5. The lowest BCUT2D eigenvalue weighted by Gasteiger charge is -2.06. The van der Waals surface area contributed by atoms with Crippen molar-refractivity contribution in [2.75, 3.05) is 18.9 Å². The number of imidazole rings is 1. The summed E-state index contributed by atoms with van der Waals surface area (Å²) in [6.45, 7) is 1.87. The molecule has 116 valence electrons. The molecule has 0 aliphatic heterocycles. The summed E-state index contributed by atoms with van der Waals surface area (Å²) in [7, 11) is 0. The molecule has 0 unspecified atom stereocenters. The molecule has 1 heterocycles. The van der Waals surface area contributed by atoms with Crippen molar-refractivity contribution in [2.45, 2.75) is 6.92 Å². The Bertz CT molecular complexity index is 679. The van der Waals surface area contributed by atoms with Crippen LogP contribution in [0.4, 0.5) is 5.82 Å². The first-order valence-electron chi connectivity index (χ1n) is 6.55. The zero-order chi connectivity index (χ0) is 16.1. The van der Waals surface area contributed by atoms with E-state index in [1.165, 1.54) is 0 Å². The lowest BCUT2D eigenvalue weighted by molar-refractivity contribution is -0.145. The number of benzene rings is 1. The van der Waals surface area contributed by atoms with Gasteiger partial charge in [-0.2, -0.15) is 0 Å². The summed E-state index contributed by atoms with van der Waals surface area (Å²) >= 11 is 0. The summed E-state index contributed by atoms with van der Waals surface area (Å²) in [5.74, 6) is -0.137. The molecule has 1 aromatic carbocycles. The Balaban J connectivity index is 2.07. The Hall–Kier alpha value is -3.03. The summed E-state index contributed by atoms with van der Waals surface area (Å²) in [6.07, 6.45) is 0. The molecule has 0 saturated heterocycles. The Morgan fingerprint density at radius 1 is 1.27 bits per heavy atom. The maximum Gasteiger partial charge on any atom is 0.344 e. The third-order valence-corrected chi connectivity index (χ3v) is 2.77. The van der Waals surface area contributed by atoms with E-state index in [4.69, 9.17) is 20.9 Å². The van der Waals surface area contributed by atoms with E-state index in [0.29, 0.717) is 23.7 Å². The molecule has 2 rings (SSSR count). The summed E-state index contributed by atoms with van der Waals surface area (Å²) < 4.78 is 10.0. The fraction of sp³-hybridized carbons (Fsp3) is 0.214. The molecule has 0 spiro atoms. The highest BCUT2D eigenvalue weighted by Gasteiger charge is 2.13. The molecule has 0 bridgehead atoms. The molecule has 0 radical (unpaired) electrons. The molecule has 8 nitrogen and oxygen atoms in total. The van der Waals surface area contributed by atoms with Crippen molar-refractivity contribution in [2.24, 2.45) is 5.73 Å². The number of nitrogen functional groups attached to an aromatic ring is 1. The van der Waals surface area contributed by atoms with Gasteiger partial charge < -0.3 is 25.9 Å². The van der Waals surface area contributed by atoms with Crippen LogP contribution in [-0.4, -0.2) is 35.1 Å². The lowest BCUT2D eigenvalue weighted by Crippen LogP contribution is -2.14. The number of amides is 1. The van der Waals surface area contributed by atoms with Crippen LogP contribution in [0.2, 0.25) is 0 Å². The van der Waals surface area contributed by atoms with Gasteiger partial charge in [0.1, 0.15) is 17.3 Å². The number of primary amides is 1. The van der Waals surface area contributed by atoms with Gasteiger partial charge in [-0.3, -0.25) is 4.79 Å². The zero-order valence-electron chi connectivity index (χ0n) is 12.0. The van der Waals surface area contributed by atoms with Crippen molar-refractivity contribution >= 4 is 17.7 Å². The maximum absolute atomic E-state index is 11.2. The molecule has 1 aromatic heterocycles. The highest BCUT2D eigenvalue weighted by atomic mass is 16.6. The number of carbonyl (C=O) groups excluding carboxylic acids is 2. The topological polar surface area (TPSA) is 133 Å². The van der Waals surface area contributed by atoms with Gasteiger partial charge in [-0.05, 0) is 31.2 Å². The molecular formula is C14H16N4O4. The third kappa shape index (κ3) is 3.54. The fourth-order valence-electron chi connectivity index (χ4n) is 1.77. The quantitative estimate of drug-likeness (QED) is 0.673. The minimum atomic E-state index is -0.675. The van der Waals surface area contributed by atoms with Crippen LogP contribution in [-0.2, 0) is 9.53 Å². The van der Waals surface area contributed by atoms with Crippen molar-refractivity contribution in [3.05, 3.63) is 30.0 Å². The van der Waals surface area contributed by atoms with Gasteiger partial charge >= 0.3 is 5.97 Å². The number of aromatic nitrogens is 2. The Labute approximate surface area is 126 Å². The van der Waals surface area contributed by atoms with Crippen LogP contribution < -0.4 is 16.2 Å². The van der Waals surface area contributed by atoms with Crippen LogP contribution in [0, 0.1) is 0 Å². The van der Waals surface area contributed by atoms with E-state index in [9.17, 15) is 9.59 Å². The number of rotatable bonds is 6. The second-order valence-corrected chi connectivity index (χ2v) is 4.33. The number of hydrogen-bond acceptors (Lipinski definition) is 6. The molecule has 0 fully saturated rings. The minimum Gasteiger partial charge on any atom is -0.482 e. The van der Waals surface area contributed by atoms with Crippen molar-refractivity contribution < 1.29 is 19.1 Å². The Kier molecular flexibility index (Phi) is 4.62. The molecule has 5 N–H and O–H groups in total. The van der Waals surface area contributed by atoms with E-state index in [-0.39, 0.29) is 18.1 Å². The molecule has 0 aliphatic rings. The molecule has 0 saturated carbocycles. The van der Waals surface area contributed by atoms with Gasteiger partial charge in [-0.1, -0.05) is 0 Å². The van der Waals surface area contributed by atoms with Crippen molar-refractivity contribution in [3.8, 4) is 17.1 Å². The molecule has 2 aromatic rings. The normalized spacial score (nSPS) is 10.2. The highest BCUT2D eigenvalue weighted by molar-refractivity contribution is 5.96. The van der Waals surface area contributed by atoms with E-state index in [2.05, 4.69) is 9.97 Å². The van der Waals surface area contributed by atoms with Crippen LogP contribution in [0.3, 0.4) is 0 Å². The van der Waals surface area contributed by atoms with Gasteiger partial charge in [0, 0.05) is 5.56 Å². The second kappa shape index (κ2) is 6.61. The second-order valence-electron chi connectivity index (χ2n) is 4.33. The predicted molar refractivity (Wildman–Crippen MR) is 79.1 cm³/mol. The summed E-state index contributed by atoms with van der Waals surface area (Å²) in [4.78, 5) is 29.1. The third-order valence-electron chi connectivity index (χ3n) is 2.77. The number of carbonyl (C=O) groups is 2. The fourth-order valence-corrected chi connectivity index (χ4v) is 1.77. The monoisotopic (exact) mass is 304 g/mol. The van der Waals surface area contributed by atoms with E-state index >= 15 is 0 Å². The number of esters is 1. The van der Waals surface area contributed by atoms with Gasteiger partial charge in [0.15, 0.2) is 12.4 Å². The SMILES string of the molecule is CCOC(=O)COc1ccc(-c2nc(N)c(C(N)=O)[nH]2)cc1. The average Bonchev–Trinajstić information content (AvgIpc) is 2.88. The first-order chi connectivity index (χ1) is 10.5. The number of hydrogen-bond donors (Lipinski definition) is 3. The minimum absolute atomic E-state index is 0.0464. The zero-order valence-corrected chi connectivity index (χ0v) is 12.0. The van der Waals surface area contributed by atoms with Crippen molar-refractivity contribution in [1.29, 1.82) is 0 Å². The standard InChI is InChI=1S/C14H16N4O4/c1-2-21-10(19)7-22-9-5-3-8(4-6-9)14-17-11(13(16)20)12(15)18-14/h3-6H,2,7,15H2,1H3,(H2,16,20)(H,17,18). The highest BCUT2D eigenvalue weighted by Crippen LogP contribution is 2.22. The predicted octanol–water partition coefficient (Wildman–Crippen LogP) is 0.700. The first-order valence-corrected chi connectivity index (χ1v) is 6.55. The number of aromatic amines is 1. The van der Waals surface area contributed by atoms with Crippen LogP contribution in [0.5, 0.6) is 5.75 Å². The van der Waals surface area contributed by atoms with Crippen LogP contribution in [0.25, 0.3) is 11.4 Å². The van der Waals surface area contributed by atoms with Crippen molar-refractivity contribution in [1.82, 2.24) is 9.97 Å². The molecule has 8 heteroatoms. The number of nitrogens with one attached hydrogen (secondary N) is 1. The molecule has 22 heavy (non-hydrogen) atoms. The van der Waals surface area contributed by atoms with E-state index in [1.807, 2.05) is 0 Å². The van der Waals surface area contributed by atoms with Gasteiger partial charge in [-0.25, -0.2) is 9.78 Å². The first kappa shape index (κ1) is 15.4. The maximum atomic E-state index is 11.2. The molecule has 0 atom stereocenters. The number of H-pyrrole nitrogens is 1. The van der Waals surface area contributed by atoms with Crippen LogP contribution >= 0.6 is 0 Å². The number of anilines is 1. The summed E-state index contributed by atoms with van der Waals surface area (Å²) in [5, 5.41) is 0. The van der Waals surface area contributed by atoms with E-state index in [1.54, 1.807) is 31.2 Å². The number of nitrogens with zero attached hydrogens (tertiary/aromatic N) is 1. The smallest absolute Gasteiger partial charge is 0.344 e. The van der Waals surface area contributed by atoms with Gasteiger partial charge in [0.25, 0.3) is 5.91 Å². The van der Waals surface area contributed by atoms with Gasteiger partial charge in [0.2, 0.25) is 0 Å². The van der Waals surface area contributed by atoms with Gasteiger partial charge in [-0.15, -0.1) is 0 Å². The van der Waals surface area contributed by atoms with Crippen LogP contribution in [0.15, 0.2) is 24.3 Å².